The standard InChI is InChI=1S/C16H20BrNO2S/c1-15(2,3)21(19)18-9-12-7-13(17)6-11-8-16(4-5-16)20-10-14(11)12/h6-7,9H,4-5,8,10H2,1-3H3. The molecule has 5 heteroatoms. The summed E-state index contributed by atoms with van der Waals surface area (Å²) in [5, 5.41) is 0. The third-order valence-corrected chi connectivity index (χ3v) is 5.80. The van der Waals surface area contributed by atoms with Crippen molar-refractivity contribution in [1.29, 1.82) is 0 Å². The highest BCUT2D eigenvalue weighted by atomic mass is 79.9. The second kappa shape index (κ2) is 5.37. The minimum absolute atomic E-state index is 0.108. The summed E-state index contributed by atoms with van der Waals surface area (Å²) in [6, 6.07) is 4.20. The molecule has 1 aliphatic heterocycles. The van der Waals surface area contributed by atoms with E-state index in [1.54, 1.807) is 6.21 Å². The van der Waals surface area contributed by atoms with Gasteiger partial charge in [0.15, 0.2) is 0 Å². The van der Waals surface area contributed by atoms with E-state index in [4.69, 9.17) is 4.74 Å². The topological polar surface area (TPSA) is 44.7 Å². The fourth-order valence-electron chi connectivity index (χ4n) is 2.51. The molecule has 1 aromatic rings. The van der Waals surface area contributed by atoms with E-state index in [0.29, 0.717) is 6.61 Å². The first kappa shape index (κ1) is 15.5. The van der Waals surface area contributed by atoms with E-state index in [0.717, 1.165) is 29.3 Å². The fourth-order valence-corrected chi connectivity index (χ4v) is 3.56. The van der Waals surface area contributed by atoms with Crippen LogP contribution < -0.4 is 0 Å². The number of halogens is 1. The van der Waals surface area contributed by atoms with Crippen LogP contribution in [-0.2, 0) is 29.1 Å². The van der Waals surface area contributed by atoms with Crippen molar-refractivity contribution in [3.8, 4) is 0 Å². The Bertz CT molecular complexity index is 591. The Morgan fingerprint density at radius 1 is 1.38 bits per heavy atom. The Hall–Kier alpha value is -0.360. The van der Waals surface area contributed by atoms with Gasteiger partial charge in [0.05, 0.1) is 18.4 Å². The normalized spacial score (nSPS) is 21.6. The third kappa shape index (κ3) is 3.36. The van der Waals surface area contributed by atoms with E-state index in [9.17, 15) is 4.55 Å². The van der Waals surface area contributed by atoms with Gasteiger partial charge in [-0.15, -0.1) is 0 Å². The van der Waals surface area contributed by atoms with Gasteiger partial charge in [-0.2, -0.15) is 0 Å². The SMILES string of the molecule is CC(C)(C)[S+]([O-])N=Cc1cc(Br)cc2c1COC1(CC1)C2. The molecule has 21 heavy (non-hydrogen) atoms. The second-order valence-corrected chi connectivity index (χ2v) is 9.73. The van der Waals surface area contributed by atoms with E-state index in [1.165, 1.54) is 11.1 Å². The largest absolute Gasteiger partial charge is 0.591 e. The Balaban J connectivity index is 1.89. The van der Waals surface area contributed by atoms with Gasteiger partial charge in [0.2, 0.25) is 0 Å². The quantitative estimate of drug-likeness (QED) is 0.585. The van der Waals surface area contributed by atoms with Crippen LogP contribution >= 0.6 is 15.9 Å². The maximum Gasteiger partial charge on any atom is 0.144 e. The molecule has 0 radical (unpaired) electrons. The van der Waals surface area contributed by atoms with Gasteiger partial charge in [0.1, 0.15) is 16.1 Å². The highest BCUT2D eigenvalue weighted by Crippen LogP contribution is 2.47. The number of benzene rings is 1. The zero-order valence-corrected chi connectivity index (χ0v) is 15.0. The molecule has 0 saturated heterocycles. The van der Waals surface area contributed by atoms with Crippen LogP contribution in [0.4, 0.5) is 0 Å². The predicted octanol–water partition coefficient (Wildman–Crippen LogP) is 3.94. The lowest BCUT2D eigenvalue weighted by Gasteiger charge is -2.26. The average Bonchev–Trinajstić information content (AvgIpc) is 3.12. The highest BCUT2D eigenvalue weighted by Gasteiger charge is 2.46. The Morgan fingerprint density at radius 2 is 2.10 bits per heavy atom. The summed E-state index contributed by atoms with van der Waals surface area (Å²) in [6.45, 7) is 6.41. The van der Waals surface area contributed by atoms with Crippen molar-refractivity contribution in [2.24, 2.45) is 4.40 Å². The van der Waals surface area contributed by atoms with Crippen LogP contribution in [-0.4, -0.2) is 21.1 Å². The Kier molecular flexibility index (Phi) is 3.97. The summed E-state index contributed by atoms with van der Waals surface area (Å²) >= 11 is 2.33. The number of hydrogen-bond acceptors (Lipinski definition) is 3. The second-order valence-electron chi connectivity index (χ2n) is 6.88. The molecule has 1 spiro atoms. The van der Waals surface area contributed by atoms with Crippen molar-refractivity contribution < 1.29 is 9.29 Å². The highest BCUT2D eigenvalue weighted by molar-refractivity contribution is 9.10. The molecule has 3 nitrogen and oxygen atoms in total. The van der Waals surface area contributed by atoms with Crippen molar-refractivity contribution in [2.75, 3.05) is 0 Å². The van der Waals surface area contributed by atoms with Gasteiger partial charge in [-0.1, -0.05) is 20.3 Å². The molecule has 0 bridgehead atoms. The molecule has 1 atom stereocenters. The van der Waals surface area contributed by atoms with Crippen LogP contribution in [0.1, 0.15) is 50.3 Å². The van der Waals surface area contributed by atoms with E-state index in [1.807, 2.05) is 26.8 Å². The molecule has 3 rings (SSSR count). The summed E-state index contributed by atoms with van der Waals surface area (Å²) in [4.78, 5) is 0. The molecular weight excluding hydrogens is 350 g/mol. The first-order valence-electron chi connectivity index (χ1n) is 7.20. The zero-order chi connectivity index (χ0) is 15.3. The van der Waals surface area contributed by atoms with Crippen LogP contribution in [0.25, 0.3) is 0 Å². The summed E-state index contributed by atoms with van der Waals surface area (Å²) < 4.78 is 23.0. The maximum atomic E-state index is 12.1. The number of rotatable bonds is 2. The number of nitrogens with zero attached hydrogens (tertiary/aromatic N) is 1. The minimum atomic E-state index is -1.23. The molecule has 0 N–H and O–H groups in total. The van der Waals surface area contributed by atoms with E-state index >= 15 is 0 Å². The summed E-state index contributed by atoms with van der Waals surface area (Å²) in [7, 11) is 0. The Morgan fingerprint density at radius 3 is 2.71 bits per heavy atom. The van der Waals surface area contributed by atoms with Gasteiger partial charge in [-0.3, -0.25) is 0 Å². The Labute approximate surface area is 137 Å². The molecule has 1 fully saturated rings. The van der Waals surface area contributed by atoms with Crippen molar-refractivity contribution in [2.45, 2.75) is 57.0 Å². The fraction of sp³-hybridized carbons (Fsp3) is 0.562. The van der Waals surface area contributed by atoms with Crippen molar-refractivity contribution in [3.05, 3.63) is 33.3 Å². The smallest absolute Gasteiger partial charge is 0.144 e. The number of ether oxygens (including phenoxy) is 1. The van der Waals surface area contributed by atoms with E-state index < -0.39 is 11.4 Å². The molecule has 1 heterocycles. The van der Waals surface area contributed by atoms with Crippen molar-refractivity contribution >= 4 is 33.5 Å². The van der Waals surface area contributed by atoms with Gasteiger partial charge in [-0.05, 0) is 56.9 Å². The van der Waals surface area contributed by atoms with Gasteiger partial charge >= 0.3 is 0 Å². The van der Waals surface area contributed by atoms with Crippen LogP contribution in [0.5, 0.6) is 0 Å². The molecular formula is C16H20BrNO2S. The molecule has 0 aromatic heterocycles. The van der Waals surface area contributed by atoms with Crippen LogP contribution in [0, 0.1) is 0 Å². The average molecular weight is 370 g/mol. The van der Waals surface area contributed by atoms with E-state index in [2.05, 4.69) is 26.4 Å². The van der Waals surface area contributed by atoms with Gasteiger partial charge in [0.25, 0.3) is 0 Å². The molecule has 0 amide bonds. The van der Waals surface area contributed by atoms with Crippen molar-refractivity contribution in [1.82, 2.24) is 0 Å². The van der Waals surface area contributed by atoms with Crippen molar-refractivity contribution in [3.63, 3.8) is 0 Å². The first-order chi connectivity index (χ1) is 9.79. The molecule has 114 valence electrons. The number of fused-ring (bicyclic) bond motifs is 1. The molecule has 1 saturated carbocycles. The van der Waals surface area contributed by atoms with E-state index in [-0.39, 0.29) is 10.3 Å². The van der Waals surface area contributed by atoms with Crippen LogP contribution in [0.3, 0.4) is 0 Å². The number of hydrogen-bond donors (Lipinski definition) is 0. The van der Waals surface area contributed by atoms with Crippen LogP contribution in [0.15, 0.2) is 21.0 Å². The lowest BCUT2D eigenvalue weighted by molar-refractivity contribution is 0.00809. The summed E-state index contributed by atoms with van der Waals surface area (Å²) in [5.41, 5.74) is 3.63. The van der Waals surface area contributed by atoms with Gasteiger partial charge in [0, 0.05) is 16.5 Å². The summed E-state index contributed by atoms with van der Waals surface area (Å²) in [6.07, 6.45) is 5.04. The lowest BCUT2D eigenvalue weighted by atomic mass is 9.94. The predicted molar refractivity (Wildman–Crippen MR) is 90.1 cm³/mol. The van der Waals surface area contributed by atoms with Gasteiger partial charge < -0.3 is 9.29 Å². The van der Waals surface area contributed by atoms with Gasteiger partial charge in [-0.25, -0.2) is 0 Å². The molecule has 1 aromatic carbocycles. The van der Waals surface area contributed by atoms with Crippen LogP contribution in [0.2, 0.25) is 0 Å². The maximum absolute atomic E-state index is 12.1. The zero-order valence-electron chi connectivity index (χ0n) is 12.6. The molecule has 1 unspecified atom stereocenters. The monoisotopic (exact) mass is 369 g/mol. The molecule has 1 aliphatic carbocycles. The lowest BCUT2D eigenvalue weighted by Crippen LogP contribution is -2.26. The third-order valence-electron chi connectivity index (χ3n) is 4.00. The minimum Gasteiger partial charge on any atom is -0.591 e. The first-order valence-corrected chi connectivity index (χ1v) is 9.10. The molecule has 2 aliphatic rings. The summed E-state index contributed by atoms with van der Waals surface area (Å²) in [5.74, 6) is 0.